The number of nitrogens with one attached hydrogen (secondary N) is 1. The molecule has 0 radical (unpaired) electrons. The van der Waals surface area contributed by atoms with E-state index < -0.39 is 0 Å². The normalized spacial score (nSPS) is 9.80. The Morgan fingerprint density at radius 2 is 2.40 bits per heavy atom. The molecule has 3 nitrogen and oxygen atoms in total. The summed E-state index contributed by atoms with van der Waals surface area (Å²) in [6.45, 7) is 0.567. The molecule has 0 atom stereocenters. The Labute approximate surface area is 64.2 Å². The summed E-state index contributed by atoms with van der Waals surface area (Å²) in [6, 6.07) is 3.60. The van der Waals surface area contributed by atoms with Crippen molar-refractivity contribution in [1.29, 1.82) is 0 Å². The van der Waals surface area contributed by atoms with Crippen LogP contribution in [0.25, 0.3) is 0 Å². The fraction of sp³-hybridized carbons (Fsp3) is 0.167. The Hall–Kier alpha value is -0.640. The molecular formula is C6H8ClN3. The van der Waals surface area contributed by atoms with E-state index >= 15 is 0 Å². The monoisotopic (exact) mass is 157 g/mol. The Bertz CT molecular complexity index is 197. The number of aromatic nitrogens is 1. The van der Waals surface area contributed by atoms with Crippen LogP contribution in [0.2, 0.25) is 5.02 Å². The molecule has 54 valence electrons. The van der Waals surface area contributed by atoms with Gasteiger partial charge in [0.25, 0.3) is 0 Å². The number of pyridine rings is 1. The molecule has 1 rings (SSSR count). The maximum Gasteiger partial charge on any atom is 0.0589 e. The van der Waals surface area contributed by atoms with Gasteiger partial charge >= 0.3 is 0 Å². The van der Waals surface area contributed by atoms with Gasteiger partial charge in [0.15, 0.2) is 0 Å². The predicted molar refractivity (Wildman–Crippen MR) is 40.3 cm³/mol. The average Bonchev–Trinajstić information content (AvgIpc) is 1.95. The smallest absolute Gasteiger partial charge is 0.0589 e. The Morgan fingerprint density at radius 1 is 1.60 bits per heavy atom. The second-order valence-electron chi connectivity index (χ2n) is 1.85. The maximum atomic E-state index is 5.60. The minimum absolute atomic E-state index is 0.567. The predicted octanol–water partition coefficient (Wildman–Crippen LogP) is 0.698. The number of hydrogen-bond donors (Lipinski definition) is 2. The highest BCUT2D eigenvalue weighted by atomic mass is 35.5. The summed E-state index contributed by atoms with van der Waals surface area (Å²) in [5, 5.41) is 0.640. The van der Waals surface area contributed by atoms with Gasteiger partial charge < -0.3 is 0 Å². The van der Waals surface area contributed by atoms with Crippen LogP contribution in [0.15, 0.2) is 18.3 Å². The van der Waals surface area contributed by atoms with Crippen molar-refractivity contribution in [3.8, 4) is 0 Å². The lowest BCUT2D eigenvalue weighted by atomic mass is 10.3. The van der Waals surface area contributed by atoms with Crippen LogP contribution in [0, 0.1) is 0 Å². The molecule has 1 aromatic rings. The number of hydrogen-bond acceptors (Lipinski definition) is 3. The standard InChI is InChI=1S/C6H8ClN3/c7-5-1-2-6(4-10-8)9-3-5/h1-3,10H,4,8H2. The van der Waals surface area contributed by atoms with E-state index in [1.54, 1.807) is 12.3 Å². The minimum Gasteiger partial charge on any atom is -0.271 e. The molecule has 0 spiro atoms. The number of hydrazine groups is 1. The first-order chi connectivity index (χ1) is 4.83. The van der Waals surface area contributed by atoms with Crippen LogP contribution in [0.3, 0.4) is 0 Å². The molecule has 0 aliphatic rings. The molecule has 0 saturated heterocycles. The van der Waals surface area contributed by atoms with Gasteiger partial charge in [-0.1, -0.05) is 11.6 Å². The van der Waals surface area contributed by atoms with E-state index in [9.17, 15) is 0 Å². The Balaban J connectivity index is 2.69. The van der Waals surface area contributed by atoms with Crippen molar-refractivity contribution in [2.75, 3.05) is 0 Å². The fourth-order valence-corrected chi connectivity index (χ4v) is 0.727. The largest absolute Gasteiger partial charge is 0.271 e. The second-order valence-corrected chi connectivity index (χ2v) is 2.29. The lowest BCUT2D eigenvalue weighted by molar-refractivity contribution is 0.723. The average molecular weight is 158 g/mol. The summed E-state index contributed by atoms with van der Waals surface area (Å²) in [7, 11) is 0. The number of nitrogens with zero attached hydrogens (tertiary/aromatic N) is 1. The van der Waals surface area contributed by atoms with Crippen LogP contribution in [0.1, 0.15) is 5.69 Å². The molecule has 1 heterocycles. The van der Waals surface area contributed by atoms with Crippen molar-refractivity contribution in [1.82, 2.24) is 10.4 Å². The Morgan fingerprint density at radius 3 is 2.90 bits per heavy atom. The van der Waals surface area contributed by atoms with Crippen LogP contribution in [-0.2, 0) is 6.54 Å². The third kappa shape index (κ3) is 1.95. The van der Waals surface area contributed by atoms with E-state index in [1.165, 1.54) is 0 Å². The zero-order valence-corrected chi connectivity index (χ0v) is 6.10. The van der Waals surface area contributed by atoms with Gasteiger partial charge in [-0.25, -0.2) is 0 Å². The number of rotatable bonds is 2. The van der Waals surface area contributed by atoms with Gasteiger partial charge in [0.2, 0.25) is 0 Å². The van der Waals surface area contributed by atoms with E-state index in [1.807, 2.05) is 6.07 Å². The second kappa shape index (κ2) is 3.51. The molecule has 0 amide bonds. The molecule has 0 bridgehead atoms. The summed E-state index contributed by atoms with van der Waals surface area (Å²) in [4.78, 5) is 3.99. The molecule has 10 heavy (non-hydrogen) atoms. The molecule has 1 aromatic heterocycles. The molecule has 0 aromatic carbocycles. The molecular weight excluding hydrogens is 150 g/mol. The molecule has 0 aliphatic carbocycles. The fourth-order valence-electron chi connectivity index (χ4n) is 0.616. The van der Waals surface area contributed by atoms with Crippen LogP contribution in [-0.4, -0.2) is 4.98 Å². The zero-order valence-electron chi connectivity index (χ0n) is 5.34. The SMILES string of the molecule is NNCc1ccc(Cl)cn1. The summed E-state index contributed by atoms with van der Waals surface area (Å²) in [5.41, 5.74) is 3.38. The number of nitrogens with two attached hydrogens (primary N) is 1. The van der Waals surface area contributed by atoms with Gasteiger partial charge in [-0.05, 0) is 12.1 Å². The van der Waals surface area contributed by atoms with Crippen molar-refractivity contribution in [2.45, 2.75) is 6.54 Å². The summed E-state index contributed by atoms with van der Waals surface area (Å²) >= 11 is 5.60. The van der Waals surface area contributed by atoms with Gasteiger partial charge in [0.05, 0.1) is 17.3 Å². The molecule has 0 unspecified atom stereocenters. The van der Waals surface area contributed by atoms with E-state index in [2.05, 4.69) is 10.4 Å². The maximum absolute atomic E-state index is 5.60. The molecule has 0 fully saturated rings. The van der Waals surface area contributed by atoms with Gasteiger partial charge in [0.1, 0.15) is 0 Å². The molecule has 3 N–H and O–H groups in total. The van der Waals surface area contributed by atoms with Crippen molar-refractivity contribution in [3.05, 3.63) is 29.0 Å². The van der Waals surface area contributed by atoms with Crippen molar-refractivity contribution in [2.24, 2.45) is 5.84 Å². The van der Waals surface area contributed by atoms with Crippen LogP contribution < -0.4 is 11.3 Å². The third-order valence-corrected chi connectivity index (χ3v) is 1.30. The van der Waals surface area contributed by atoms with Gasteiger partial charge in [-0.3, -0.25) is 16.3 Å². The van der Waals surface area contributed by atoms with Gasteiger partial charge in [-0.15, -0.1) is 0 Å². The Kier molecular flexibility index (Phi) is 2.62. The summed E-state index contributed by atoms with van der Waals surface area (Å²) in [5.74, 6) is 5.08. The third-order valence-electron chi connectivity index (χ3n) is 1.07. The highest BCUT2D eigenvalue weighted by Gasteiger charge is 1.90. The van der Waals surface area contributed by atoms with Gasteiger partial charge in [-0.2, -0.15) is 0 Å². The van der Waals surface area contributed by atoms with E-state index in [4.69, 9.17) is 17.4 Å². The first-order valence-corrected chi connectivity index (χ1v) is 3.24. The van der Waals surface area contributed by atoms with Crippen LogP contribution in [0.4, 0.5) is 0 Å². The van der Waals surface area contributed by atoms with Crippen molar-refractivity contribution in [3.63, 3.8) is 0 Å². The molecule has 0 saturated carbocycles. The van der Waals surface area contributed by atoms with Crippen LogP contribution in [0.5, 0.6) is 0 Å². The first-order valence-electron chi connectivity index (χ1n) is 2.87. The lowest BCUT2D eigenvalue weighted by Gasteiger charge is -1.96. The topological polar surface area (TPSA) is 50.9 Å². The van der Waals surface area contributed by atoms with Crippen LogP contribution >= 0.6 is 11.6 Å². The van der Waals surface area contributed by atoms with E-state index in [0.29, 0.717) is 11.6 Å². The lowest BCUT2D eigenvalue weighted by Crippen LogP contribution is -2.21. The molecule has 4 heteroatoms. The minimum atomic E-state index is 0.567. The molecule has 0 aliphatic heterocycles. The highest BCUT2D eigenvalue weighted by molar-refractivity contribution is 6.30. The van der Waals surface area contributed by atoms with Crippen molar-refractivity contribution >= 4 is 11.6 Å². The zero-order chi connectivity index (χ0) is 7.40. The summed E-state index contributed by atoms with van der Waals surface area (Å²) in [6.07, 6.45) is 1.59. The number of halogens is 1. The van der Waals surface area contributed by atoms with Gasteiger partial charge in [0, 0.05) is 6.20 Å². The summed E-state index contributed by atoms with van der Waals surface area (Å²) < 4.78 is 0. The first kappa shape index (κ1) is 7.47. The highest BCUT2D eigenvalue weighted by Crippen LogP contribution is 2.05. The quantitative estimate of drug-likeness (QED) is 0.491. The van der Waals surface area contributed by atoms with Crippen molar-refractivity contribution < 1.29 is 0 Å². The van der Waals surface area contributed by atoms with E-state index in [-0.39, 0.29) is 0 Å². The van der Waals surface area contributed by atoms with E-state index in [0.717, 1.165) is 5.69 Å².